The molecule has 0 fully saturated rings. The monoisotopic (exact) mass is 468 g/mol. The van der Waals surface area contributed by atoms with Crippen LogP contribution in [0.2, 0.25) is 0 Å². The average Bonchev–Trinajstić information content (AvgIpc) is 3.23. The Balaban J connectivity index is 1.73. The van der Waals surface area contributed by atoms with Crippen LogP contribution in [0.5, 0.6) is 0 Å². The van der Waals surface area contributed by atoms with Crippen molar-refractivity contribution in [2.45, 2.75) is 25.5 Å². The average molecular weight is 469 g/mol. The number of rotatable bonds is 7. The van der Waals surface area contributed by atoms with Crippen molar-refractivity contribution in [3.05, 3.63) is 66.0 Å². The smallest absolute Gasteiger partial charge is 0.235 e. The maximum absolute atomic E-state index is 15.2. The van der Waals surface area contributed by atoms with Crippen molar-refractivity contribution in [2.75, 3.05) is 10.5 Å². The second kappa shape index (κ2) is 8.58. The van der Waals surface area contributed by atoms with Crippen LogP contribution < -0.4 is 10.5 Å². The van der Waals surface area contributed by atoms with Crippen LogP contribution in [0, 0.1) is 5.82 Å². The molecule has 4 N–H and O–H groups in total. The van der Waals surface area contributed by atoms with E-state index in [1.807, 2.05) is 0 Å². The van der Waals surface area contributed by atoms with Gasteiger partial charge in [-0.05, 0) is 31.5 Å². The number of benzene rings is 1. The third kappa shape index (κ3) is 4.27. The third-order valence-corrected chi connectivity index (χ3v) is 7.28. The SMILES string of the molecule is CCC(C)S(=O)(=O)Nc1cccc(C(=O)c2c[nH]c3ncc(-c4cnc(N)nc4)cc23)c1F. The largest absolute Gasteiger partial charge is 0.368 e. The minimum atomic E-state index is -3.79. The molecule has 1 aromatic carbocycles. The summed E-state index contributed by atoms with van der Waals surface area (Å²) in [6.45, 7) is 3.24. The number of anilines is 2. The quantitative estimate of drug-likeness (QED) is 0.352. The van der Waals surface area contributed by atoms with E-state index in [4.69, 9.17) is 5.73 Å². The molecule has 3 heterocycles. The maximum Gasteiger partial charge on any atom is 0.235 e. The molecule has 33 heavy (non-hydrogen) atoms. The molecule has 170 valence electrons. The van der Waals surface area contributed by atoms with Crippen LogP contribution in [-0.4, -0.2) is 39.4 Å². The Labute approximate surface area is 189 Å². The number of fused-ring (bicyclic) bond motifs is 1. The first-order valence-electron chi connectivity index (χ1n) is 10.1. The van der Waals surface area contributed by atoms with E-state index >= 15 is 4.39 Å². The molecule has 0 bridgehead atoms. The van der Waals surface area contributed by atoms with Gasteiger partial charge in [-0.2, -0.15) is 0 Å². The summed E-state index contributed by atoms with van der Waals surface area (Å²) in [6, 6.07) is 5.73. The Kier molecular flexibility index (Phi) is 5.81. The number of nitrogens with one attached hydrogen (secondary N) is 2. The Hall–Kier alpha value is -3.86. The molecule has 1 unspecified atom stereocenters. The fraction of sp³-hybridized carbons (Fsp3) is 0.182. The summed E-state index contributed by atoms with van der Waals surface area (Å²) in [5.74, 6) is -1.43. The molecular formula is C22H21FN6O3S. The number of ketones is 1. The van der Waals surface area contributed by atoms with Gasteiger partial charge in [0.15, 0.2) is 11.6 Å². The molecule has 0 aliphatic heterocycles. The molecule has 0 radical (unpaired) electrons. The first-order valence-corrected chi connectivity index (χ1v) is 11.7. The number of pyridine rings is 1. The lowest BCUT2D eigenvalue weighted by atomic mass is 10.0. The number of carbonyl (C=O) groups is 1. The van der Waals surface area contributed by atoms with Crippen molar-refractivity contribution < 1.29 is 17.6 Å². The van der Waals surface area contributed by atoms with Crippen molar-refractivity contribution >= 4 is 38.5 Å². The lowest BCUT2D eigenvalue weighted by molar-refractivity contribution is 0.103. The number of sulfonamides is 1. The highest BCUT2D eigenvalue weighted by Crippen LogP contribution is 2.28. The zero-order valence-electron chi connectivity index (χ0n) is 17.8. The van der Waals surface area contributed by atoms with Gasteiger partial charge in [0.2, 0.25) is 16.0 Å². The Morgan fingerprint density at radius 1 is 1.15 bits per heavy atom. The number of H-pyrrole nitrogens is 1. The van der Waals surface area contributed by atoms with Gasteiger partial charge in [-0.3, -0.25) is 9.52 Å². The topological polar surface area (TPSA) is 144 Å². The number of nitrogen functional groups attached to an aromatic ring is 1. The predicted molar refractivity (Wildman–Crippen MR) is 124 cm³/mol. The van der Waals surface area contributed by atoms with Crippen molar-refractivity contribution in [3.8, 4) is 11.1 Å². The molecule has 0 saturated heterocycles. The molecule has 11 heteroatoms. The second-order valence-electron chi connectivity index (χ2n) is 7.51. The number of nitrogens with two attached hydrogens (primary N) is 1. The summed E-state index contributed by atoms with van der Waals surface area (Å²) in [7, 11) is -3.79. The fourth-order valence-electron chi connectivity index (χ4n) is 3.24. The van der Waals surface area contributed by atoms with Crippen molar-refractivity contribution in [3.63, 3.8) is 0 Å². The van der Waals surface area contributed by atoms with E-state index in [1.165, 1.54) is 43.7 Å². The lowest BCUT2D eigenvalue weighted by Gasteiger charge is -2.14. The van der Waals surface area contributed by atoms with E-state index in [0.29, 0.717) is 28.6 Å². The number of hydrogen-bond donors (Lipinski definition) is 3. The normalized spacial score (nSPS) is 12.6. The van der Waals surface area contributed by atoms with Gasteiger partial charge in [-0.25, -0.2) is 27.8 Å². The molecule has 4 aromatic rings. The van der Waals surface area contributed by atoms with Crippen molar-refractivity contribution in [2.24, 2.45) is 0 Å². The van der Waals surface area contributed by atoms with Crippen LogP contribution in [0.1, 0.15) is 36.2 Å². The number of hydrogen-bond acceptors (Lipinski definition) is 7. The highest BCUT2D eigenvalue weighted by Gasteiger charge is 2.24. The highest BCUT2D eigenvalue weighted by atomic mass is 32.2. The van der Waals surface area contributed by atoms with E-state index in [1.54, 1.807) is 19.2 Å². The molecule has 0 spiro atoms. The molecule has 0 amide bonds. The van der Waals surface area contributed by atoms with E-state index in [2.05, 4.69) is 24.7 Å². The maximum atomic E-state index is 15.2. The van der Waals surface area contributed by atoms with E-state index in [0.717, 1.165) is 0 Å². The molecule has 3 aromatic heterocycles. The molecule has 0 aliphatic rings. The van der Waals surface area contributed by atoms with Crippen LogP contribution in [-0.2, 0) is 10.0 Å². The number of aromatic amines is 1. The van der Waals surface area contributed by atoms with Gasteiger partial charge in [0.1, 0.15) is 5.65 Å². The van der Waals surface area contributed by atoms with Gasteiger partial charge in [-0.1, -0.05) is 13.0 Å². The molecule has 0 saturated carbocycles. The molecule has 0 aliphatic carbocycles. The minimum Gasteiger partial charge on any atom is -0.368 e. The van der Waals surface area contributed by atoms with Crippen LogP contribution in [0.4, 0.5) is 16.0 Å². The first kappa shape index (κ1) is 22.3. The molecular weight excluding hydrogens is 447 g/mol. The number of halogens is 1. The van der Waals surface area contributed by atoms with Crippen molar-refractivity contribution in [1.29, 1.82) is 0 Å². The van der Waals surface area contributed by atoms with Crippen molar-refractivity contribution in [1.82, 2.24) is 19.9 Å². The van der Waals surface area contributed by atoms with E-state index < -0.39 is 26.9 Å². The van der Waals surface area contributed by atoms with Gasteiger partial charge < -0.3 is 10.7 Å². The number of nitrogens with zero attached hydrogens (tertiary/aromatic N) is 3. The highest BCUT2D eigenvalue weighted by molar-refractivity contribution is 7.93. The summed E-state index contributed by atoms with van der Waals surface area (Å²) in [5, 5.41) is -0.244. The fourth-order valence-corrected chi connectivity index (χ4v) is 4.34. The summed E-state index contributed by atoms with van der Waals surface area (Å²) < 4.78 is 42.2. The summed E-state index contributed by atoms with van der Waals surface area (Å²) >= 11 is 0. The van der Waals surface area contributed by atoms with E-state index in [9.17, 15) is 13.2 Å². The summed E-state index contributed by atoms with van der Waals surface area (Å²) in [6.07, 6.45) is 6.46. The van der Waals surface area contributed by atoms with Gasteiger partial charge in [0.05, 0.1) is 16.5 Å². The Morgan fingerprint density at radius 2 is 1.85 bits per heavy atom. The van der Waals surface area contributed by atoms with Crippen LogP contribution >= 0.6 is 0 Å². The Bertz CT molecular complexity index is 1450. The Morgan fingerprint density at radius 3 is 2.55 bits per heavy atom. The summed E-state index contributed by atoms with van der Waals surface area (Å²) in [5.41, 5.74) is 6.91. The standard InChI is InChI=1S/C22H21FN6O3S/c1-3-12(2)33(31,32)29-18-6-4-5-15(19(18)23)20(30)17-11-26-21-16(17)7-13(8-25-21)14-9-27-22(24)28-10-14/h4-12,29H,3H2,1-2H3,(H,25,26)(H2,24,27,28). The zero-order chi connectivity index (χ0) is 23.8. The van der Waals surface area contributed by atoms with Gasteiger partial charge in [-0.15, -0.1) is 0 Å². The van der Waals surface area contributed by atoms with Gasteiger partial charge in [0.25, 0.3) is 0 Å². The molecule has 4 rings (SSSR count). The van der Waals surface area contributed by atoms with Crippen LogP contribution in [0.25, 0.3) is 22.2 Å². The van der Waals surface area contributed by atoms with Crippen LogP contribution in [0.15, 0.2) is 49.1 Å². The lowest BCUT2D eigenvalue weighted by Crippen LogP contribution is -2.25. The minimum absolute atomic E-state index is 0.129. The summed E-state index contributed by atoms with van der Waals surface area (Å²) in [4.78, 5) is 28.4. The molecule has 1 atom stereocenters. The van der Waals surface area contributed by atoms with Gasteiger partial charge >= 0.3 is 0 Å². The zero-order valence-corrected chi connectivity index (χ0v) is 18.6. The number of aromatic nitrogens is 4. The van der Waals surface area contributed by atoms with Crippen LogP contribution in [0.3, 0.4) is 0 Å². The van der Waals surface area contributed by atoms with E-state index in [-0.39, 0.29) is 22.8 Å². The number of carbonyl (C=O) groups excluding carboxylic acids is 1. The van der Waals surface area contributed by atoms with Gasteiger partial charge in [0, 0.05) is 46.9 Å². The first-order chi connectivity index (χ1) is 15.7. The third-order valence-electron chi connectivity index (χ3n) is 5.38. The predicted octanol–water partition coefficient (Wildman–Crippen LogP) is 3.51. The second-order valence-corrected chi connectivity index (χ2v) is 9.61. The molecule has 9 nitrogen and oxygen atoms in total.